The fourth-order valence-electron chi connectivity index (χ4n) is 2.77. The van der Waals surface area contributed by atoms with E-state index in [4.69, 9.17) is 0 Å². The van der Waals surface area contributed by atoms with Crippen LogP contribution in [0.4, 0.5) is 0 Å². The summed E-state index contributed by atoms with van der Waals surface area (Å²) in [5.41, 5.74) is 1.04. The SMILES string of the molecule is O=C1C(=O)N(CO)[C@H](c2ccc(Br)cc2)C1=C(O)c1ccccc1. The number of amides is 1. The van der Waals surface area contributed by atoms with E-state index < -0.39 is 24.5 Å². The summed E-state index contributed by atoms with van der Waals surface area (Å²) in [5, 5.41) is 20.1. The third-order valence-electron chi connectivity index (χ3n) is 3.93. The van der Waals surface area contributed by atoms with Gasteiger partial charge in [0.25, 0.3) is 11.7 Å². The minimum absolute atomic E-state index is 0.0254. The Morgan fingerprint density at radius 2 is 1.67 bits per heavy atom. The number of aliphatic hydroxyl groups excluding tert-OH is 2. The van der Waals surface area contributed by atoms with Crippen LogP contribution < -0.4 is 0 Å². The predicted octanol–water partition coefficient (Wildman–Crippen LogP) is 2.82. The van der Waals surface area contributed by atoms with E-state index in [9.17, 15) is 19.8 Å². The van der Waals surface area contributed by atoms with Crippen LogP contribution in [-0.2, 0) is 9.59 Å². The summed E-state index contributed by atoms with van der Waals surface area (Å²) in [6, 6.07) is 14.7. The first kappa shape index (κ1) is 16.4. The van der Waals surface area contributed by atoms with Gasteiger partial charge in [-0.1, -0.05) is 58.4 Å². The van der Waals surface area contributed by atoms with E-state index in [2.05, 4.69) is 15.9 Å². The van der Waals surface area contributed by atoms with Crippen LogP contribution in [0.5, 0.6) is 0 Å². The average Bonchev–Trinajstić information content (AvgIpc) is 2.86. The van der Waals surface area contributed by atoms with Crippen molar-refractivity contribution in [3.05, 3.63) is 75.8 Å². The van der Waals surface area contributed by atoms with E-state index in [-0.39, 0.29) is 11.3 Å². The van der Waals surface area contributed by atoms with Crippen LogP contribution in [0.2, 0.25) is 0 Å². The Balaban J connectivity index is 2.19. The molecule has 0 bridgehead atoms. The quantitative estimate of drug-likeness (QED) is 0.482. The molecule has 1 aliphatic rings. The van der Waals surface area contributed by atoms with Gasteiger partial charge in [0.2, 0.25) is 0 Å². The molecule has 2 aromatic rings. The van der Waals surface area contributed by atoms with Crippen molar-refractivity contribution in [3.8, 4) is 0 Å². The van der Waals surface area contributed by atoms with Gasteiger partial charge in [-0.2, -0.15) is 0 Å². The van der Waals surface area contributed by atoms with Crippen LogP contribution in [0, 0.1) is 0 Å². The van der Waals surface area contributed by atoms with Crippen molar-refractivity contribution in [1.29, 1.82) is 0 Å². The van der Waals surface area contributed by atoms with Gasteiger partial charge in [0.1, 0.15) is 12.5 Å². The lowest BCUT2D eigenvalue weighted by Crippen LogP contribution is -2.30. The molecule has 0 radical (unpaired) electrons. The first-order valence-corrected chi connectivity index (χ1v) is 8.04. The molecular formula is C18H14BrNO4. The van der Waals surface area contributed by atoms with Gasteiger partial charge in [-0.25, -0.2) is 0 Å². The minimum Gasteiger partial charge on any atom is -0.507 e. The molecule has 0 unspecified atom stereocenters. The van der Waals surface area contributed by atoms with Gasteiger partial charge in [-0.15, -0.1) is 0 Å². The van der Waals surface area contributed by atoms with Gasteiger partial charge in [0.15, 0.2) is 0 Å². The Morgan fingerprint density at radius 3 is 2.25 bits per heavy atom. The van der Waals surface area contributed by atoms with E-state index in [0.29, 0.717) is 11.1 Å². The maximum atomic E-state index is 12.4. The second-order valence-corrected chi connectivity index (χ2v) is 6.24. The lowest BCUT2D eigenvalue weighted by atomic mass is 9.95. The van der Waals surface area contributed by atoms with Crippen LogP contribution in [0.25, 0.3) is 5.76 Å². The molecule has 2 aromatic carbocycles. The zero-order chi connectivity index (χ0) is 17.3. The number of carbonyl (C=O) groups is 2. The number of aliphatic hydroxyl groups is 2. The number of benzene rings is 2. The molecule has 122 valence electrons. The van der Waals surface area contributed by atoms with Crippen molar-refractivity contribution in [2.24, 2.45) is 0 Å². The molecule has 1 heterocycles. The molecule has 1 atom stereocenters. The van der Waals surface area contributed by atoms with Crippen molar-refractivity contribution in [2.75, 3.05) is 6.73 Å². The summed E-state index contributed by atoms with van der Waals surface area (Å²) in [6.45, 7) is -0.614. The van der Waals surface area contributed by atoms with Crippen LogP contribution in [0.1, 0.15) is 17.2 Å². The number of hydrogen-bond donors (Lipinski definition) is 2. The number of carbonyl (C=O) groups excluding carboxylic acids is 2. The Morgan fingerprint density at radius 1 is 1.04 bits per heavy atom. The lowest BCUT2D eigenvalue weighted by Gasteiger charge is -2.23. The molecule has 0 aromatic heterocycles. The Bertz CT molecular complexity index is 815. The molecular weight excluding hydrogens is 374 g/mol. The summed E-state index contributed by atoms with van der Waals surface area (Å²) < 4.78 is 0.843. The van der Waals surface area contributed by atoms with Gasteiger partial charge in [0, 0.05) is 10.0 Å². The minimum atomic E-state index is -0.831. The highest BCUT2D eigenvalue weighted by Crippen LogP contribution is 2.39. The molecule has 0 saturated carbocycles. The molecule has 1 aliphatic heterocycles. The van der Waals surface area contributed by atoms with Crippen LogP contribution in [-0.4, -0.2) is 33.5 Å². The van der Waals surface area contributed by atoms with Crippen LogP contribution in [0.3, 0.4) is 0 Å². The van der Waals surface area contributed by atoms with Gasteiger partial charge < -0.3 is 15.1 Å². The monoisotopic (exact) mass is 387 g/mol. The van der Waals surface area contributed by atoms with E-state index in [1.54, 1.807) is 54.6 Å². The van der Waals surface area contributed by atoms with Gasteiger partial charge in [0.05, 0.1) is 11.6 Å². The number of hydrogen-bond acceptors (Lipinski definition) is 4. The second kappa shape index (κ2) is 6.59. The van der Waals surface area contributed by atoms with Gasteiger partial charge in [-0.05, 0) is 17.7 Å². The van der Waals surface area contributed by atoms with E-state index in [1.165, 1.54) is 0 Å². The number of Topliss-reactive ketones (excluding diaryl/α,β-unsaturated/α-hetero) is 1. The summed E-state index contributed by atoms with van der Waals surface area (Å²) >= 11 is 3.33. The van der Waals surface area contributed by atoms with Crippen LogP contribution >= 0.6 is 15.9 Å². The standard InChI is InChI=1S/C18H14BrNO4/c19-13-8-6-11(7-9-13)15-14(17(23)18(24)20(15)10-21)16(22)12-4-2-1-3-5-12/h1-9,15,21-22H,10H2/t15-/m1/s1. The Kier molecular flexibility index (Phi) is 4.51. The molecule has 0 aliphatic carbocycles. The van der Waals surface area contributed by atoms with Crippen molar-refractivity contribution in [3.63, 3.8) is 0 Å². The maximum absolute atomic E-state index is 12.4. The molecule has 24 heavy (non-hydrogen) atoms. The highest BCUT2D eigenvalue weighted by atomic mass is 79.9. The fourth-order valence-corrected chi connectivity index (χ4v) is 3.03. The molecule has 5 nitrogen and oxygen atoms in total. The average molecular weight is 388 g/mol. The molecule has 2 N–H and O–H groups in total. The Labute approximate surface area is 147 Å². The maximum Gasteiger partial charge on any atom is 0.297 e. The second-order valence-electron chi connectivity index (χ2n) is 5.33. The first-order valence-electron chi connectivity index (χ1n) is 7.24. The molecule has 6 heteroatoms. The highest BCUT2D eigenvalue weighted by Gasteiger charge is 2.45. The number of rotatable bonds is 3. The largest absolute Gasteiger partial charge is 0.507 e. The number of nitrogens with zero attached hydrogens (tertiary/aromatic N) is 1. The van der Waals surface area contributed by atoms with Gasteiger partial charge >= 0.3 is 0 Å². The number of halogens is 1. The summed E-state index contributed by atoms with van der Waals surface area (Å²) in [7, 11) is 0. The van der Waals surface area contributed by atoms with E-state index in [1.807, 2.05) is 0 Å². The summed E-state index contributed by atoms with van der Waals surface area (Å²) in [4.78, 5) is 25.6. The summed E-state index contributed by atoms with van der Waals surface area (Å²) in [6.07, 6.45) is 0. The van der Waals surface area contributed by atoms with Gasteiger partial charge in [-0.3, -0.25) is 9.59 Å². The topological polar surface area (TPSA) is 77.8 Å². The summed E-state index contributed by atoms with van der Waals surface area (Å²) in [5.74, 6) is -1.89. The van der Waals surface area contributed by atoms with Crippen molar-refractivity contribution in [2.45, 2.75) is 6.04 Å². The van der Waals surface area contributed by atoms with Crippen LogP contribution in [0.15, 0.2) is 64.6 Å². The van der Waals surface area contributed by atoms with Crippen molar-refractivity contribution >= 4 is 33.4 Å². The molecule has 3 rings (SSSR count). The third kappa shape index (κ3) is 2.74. The fraction of sp³-hybridized carbons (Fsp3) is 0.111. The number of likely N-dealkylation sites (tertiary alicyclic amines) is 1. The molecule has 0 spiro atoms. The number of ketones is 1. The molecule has 1 fully saturated rings. The normalized spacial score (nSPS) is 19.8. The van der Waals surface area contributed by atoms with Crippen molar-refractivity contribution < 1.29 is 19.8 Å². The first-order chi connectivity index (χ1) is 11.5. The predicted molar refractivity (Wildman–Crippen MR) is 91.8 cm³/mol. The zero-order valence-corrected chi connectivity index (χ0v) is 14.1. The lowest BCUT2D eigenvalue weighted by molar-refractivity contribution is -0.142. The van der Waals surface area contributed by atoms with Crippen molar-refractivity contribution in [1.82, 2.24) is 4.90 Å². The van der Waals surface area contributed by atoms with E-state index in [0.717, 1.165) is 9.37 Å². The Hall–Kier alpha value is -2.44. The highest BCUT2D eigenvalue weighted by molar-refractivity contribution is 9.10. The molecule has 1 saturated heterocycles. The zero-order valence-electron chi connectivity index (χ0n) is 12.5. The smallest absolute Gasteiger partial charge is 0.297 e. The third-order valence-corrected chi connectivity index (χ3v) is 4.45. The molecule has 1 amide bonds. The van der Waals surface area contributed by atoms with E-state index >= 15 is 0 Å².